The van der Waals surface area contributed by atoms with E-state index in [0.29, 0.717) is 5.69 Å². The molecule has 1 aliphatic carbocycles. The highest BCUT2D eigenvalue weighted by Crippen LogP contribution is 2.33. The van der Waals surface area contributed by atoms with Gasteiger partial charge in [0.15, 0.2) is 0 Å². The van der Waals surface area contributed by atoms with Crippen LogP contribution in [-0.2, 0) is 0 Å². The summed E-state index contributed by atoms with van der Waals surface area (Å²) >= 11 is 0. The number of anilines is 1. The Hall–Kier alpha value is -1.56. The van der Waals surface area contributed by atoms with Crippen molar-refractivity contribution in [1.29, 1.82) is 5.26 Å². The van der Waals surface area contributed by atoms with E-state index in [4.69, 9.17) is 5.26 Å². The molecule has 1 fully saturated rings. The van der Waals surface area contributed by atoms with Gasteiger partial charge in [0.1, 0.15) is 17.6 Å². The number of hydrogen-bond donors (Lipinski definition) is 1. The number of hydrogen-bond acceptors (Lipinski definition) is 3. The van der Waals surface area contributed by atoms with Gasteiger partial charge in [-0.25, -0.2) is 4.98 Å². The first kappa shape index (κ1) is 9.01. The van der Waals surface area contributed by atoms with E-state index in [1.165, 1.54) is 19.3 Å². The van der Waals surface area contributed by atoms with Gasteiger partial charge in [-0.3, -0.25) is 0 Å². The predicted molar refractivity (Wildman–Crippen MR) is 54.8 cm³/mol. The van der Waals surface area contributed by atoms with Crippen LogP contribution in [0.15, 0.2) is 18.2 Å². The highest BCUT2D eigenvalue weighted by atomic mass is 15.1. The lowest BCUT2D eigenvalue weighted by Crippen LogP contribution is -2.41. The molecule has 1 aromatic rings. The Morgan fingerprint density at radius 2 is 2.29 bits per heavy atom. The van der Waals surface area contributed by atoms with Crippen LogP contribution in [0, 0.1) is 11.3 Å². The maximum atomic E-state index is 8.69. The van der Waals surface area contributed by atoms with Crippen molar-refractivity contribution in [3.8, 4) is 6.07 Å². The minimum atomic E-state index is 0.196. The lowest BCUT2D eigenvalue weighted by molar-refractivity contribution is 0.306. The Bertz CT molecular complexity index is 374. The Morgan fingerprint density at radius 1 is 1.50 bits per heavy atom. The summed E-state index contributed by atoms with van der Waals surface area (Å²) in [5.41, 5.74) is 0.666. The first-order chi connectivity index (χ1) is 6.72. The third kappa shape index (κ3) is 1.69. The number of nitriles is 1. The molecule has 0 spiro atoms. The minimum Gasteiger partial charge on any atom is -0.365 e. The first-order valence-electron chi connectivity index (χ1n) is 4.87. The molecule has 0 unspecified atom stereocenters. The summed E-state index contributed by atoms with van der Waals surface area (Å²) in [5, 5.41) is 12.1. The average Bonchev–Trinajstić information content (AvgIpc) is 2.16. The van der Waals surface area contributed by atoms with E-state index in [9.17, 15) is 0 Å². The van der Waals surface area contributed by atoms with Crippen molar-refractivity contribution in [1.82, 2.24) is 4.98 Å². The van der Waals surface area contributed by atoms with E-state index < -0.39 is 0 Å². The van der Waals surface area contributed by atoms with Crippen LogP contribution in [0.1, 0.15) is 31.9 Å². The summed E-state index contributed by atoms with van der Waals surface area (Å²) in [6.45, 7) is 2.19. The normalized spacial score (nSPS) is 18.0. The summed E-state index contributed by atoms with van der Waals surface area (Å²) in [7, 11) is 0. The molecule has 0 bridgehead atoms. The second kappa shape index (κ2) is 3.30. The molecule has 1 N–H and O–H groups in total. The van der Waals surface area contributed by atoms with Crippen molar-refractivity contribution >= 4 is 5.82 Å². The molecule has 3 nitrogen and oxygen atoms in total. The SMILES string of the molecule is CC1(Nc2cccc(C#N)n2)CCC1. The molecule has 1 aliphatic rings. The molecule has 0 saturated heterocycles. The molecule has 0 aromatic carbocycles. The van der Waals surface area contributed by atoms with Crippen molar-refractivity contribution in [3.63, 3.8) is 0 Å². The Kier molecular flexibility index (Phi) is 2.12. The number of pyridine rings is 1. The fraction of sp³-hybridized carbons (Fsp3) is 0.455. The molecular formula is C11H13N3. The molecule has 14 heavy (non-hydrogen) atoms. The third-order valence-electron chi connectivity index (χ3n) is 2.75. The fourth-order valence-electron chi connectivity index (χ4n) is 1.71. The van der Waals surface area contributed by atoms with Crippen LogP contribution in [0.5, 0.6) is 0 Å². The zero-order valence-electron chi connectivity index (χ0n) is 8.25. The monoisotopic (exact) mass is 187 g/mol. The maximum absolute atomic E-state index is 8.69. The van der Waals surface area contributed by atoms with E-state index in [0.717, 1.165) is 5.82 Å². The molecule has 2 rings (SSSR count). The topological polar surface area (TPSA) is 48.7 Å². The Balaban J connectivity index is 2.13. The second-order valence-electron chi connectivity index (χ2n) is 4.06. The average molecular weight is 187 g/mol. The van der Waals surface area contributed by atoms with Crippen LogP contribution in [0.4, 0.5) is 5.82 Å². The number of aromatic nitrogens is 1. The zero-order valence-corrected chi connectivity index (χ0v) is 8.25. The van der Waals surface area contributed by atoms with Crippen LogP contribution in [0.25, 0.3) is 0 Å². The Labute approximate surface area is 83.8 Å². The summed E-state index contributed by atoms with van der Waals surface area (Å²) in [5.74, 6) is 0.811. The first-order valence-corrected chi connectivity index (χ1v) is 4.87. The molecule has 0 amide bonds. The molecule has 72 valence electrons. The number of nitrogens with one attached hydrogen (secondary N) is 1. The number of nitrogens with zero attached hydrogens (tertiary/aromatic N) is 2. The molecule has 1 heterocycles. The van der Waals surface area contributed by atoms with Gasteiger partial charge < -0.3 is 5.32 Å². The largest absolute Gasteiger partial charge is 0.365 e. The van der Waals surface area contributed by atoms with E-state index in [2.05, 4.69) is 17.2 Å². The lowest BCUT2D eigenvalue weighted by atomic mass is 9.78. The molecule has 0 radical (unpaired) electrons. The van der Waals surface area contributed by atoms with Gasteiger partial charge in [0.2, 0.25) is 0 Å². The maximum Gasteiger partial charge on any atom is 0.142 e. The van der Waals surface area contributed by atoms with Crippen LogP contribution >= 0.6 is 0 Å². The minimum absolute atomic E-state index is 0.196. The standard InChI is InChI=1S/C11H13N3/c1-11(6-3-7-11)14-10-5-2-4-9(8-12)13-10/h2,4-5H,3,6-7H2,1H3,(H,13,14). The molecule has 0 atom stereocenters. The van der Waals surface area contributed by atoms with Gasteiger partial charge in [0, 0.05) is 5.54 Å². The number of rotatable bonds is 2. The van der Waals surface area contributed by atoms with Gasteiger partial charge in [-0.1, -0.05) is 6.07 Å². The third-order valence-corrected chi connectivity index (χ3v) is 2.75. The van der Waals surface area contributed by atoms with Crippen LogP contribution in [-0.4, -0.2) is 10.5 Å². The summed E-state index contributed by atoms with van der Waals surface area (Å²) in [4.78, 5) is 4.19. The van der Waals surface area contributed by atoms with E-state index in [1.807, 2.05) is 18.2 Å². The van der Waals surface area contributed by atoms with Crippen LogP contribution in [0.3, 0.4) is 0 Å². The van der Waals surface area contributed by atoms with E-state index in [-0.39, 0.29) is 5.54 Å². The van der Waals surface area contributed by atoms with E-state index >= 15 is 0 Å². The summed E-state index contributed by atoms with van der Waals surface area (Å²) in [6.07, 6.45) is 3.65. The van der Waals surface area contributed by atoms with Gasteiger partial charge in [-0.2, -0.15) is 5.26 Å². The Morgan fingerprint density at radius 3 is 2.86 bits per heavy atom. The zero-order chi connectivity index (χ0) is 10.0. The molecule has 1 saturated carbocycles. The summed E-state index contributed by atoms with van der Waals surface area (Å²) < 4.78 is 0. The second-order valence-corrected chi connectivity index (χ2v) is 4.06. The highest BCUT2D eigenvalue weighted by molar-refractivity contribution is 5.41. The van der Waals surface area contributed by atoms with Crippen molar-refractivity contribution in [2.45, 2.75) is 31.7 Å². The molecule has 0 aliphatic heterocycles. The van der Waals surface area contributed by atoms with Gasteiger partial charge >= 0.3 is 0 Å². The van der Waals surface area contributed by atoms with Crippen molar-refractivity contribution in [2.75, 3.05) is 5.32 Å². The van der Waals surface area contributed by atoms with Crippen LogP contribution in [0.2, 0.25) is 0 Å². The molecule has 3 heteroatoms. The van der Waals surface area contributed by atoms with Crippen molar-refractivity contribution in [3.05, 3.63) is 23.9 Å². The molecule has 1 aromatic heterocycles. The smallest absolute Gasteiger partial charge is 0.142 e. The van der Waals surface area contributed by atoms with Crippen molar-refractivity contribution < 1.29 is 0 Å². The highest BCUT2D eigenvalue weighted by Gasteiger charge is 2.31. The quantitative estimate of drug-likeness (QED) is 0.772. The lowest BCUT2D eigenvalue weighted by Gasteiger charge is -2.39. The fourth-order valence-corrected chi connectivity index (χ4v) is 1.71. The predicted octanol–water partition coefficient (Wildman–Crippen LogP) is 2.31. The summed E-state index contributed by atoms with van der Waals surface area (Å²) in [6, 6.07) is 7.52. The van der Waals surface area contributed by atoms with Gasteiger partial charge in [0.05, 0.1) is 0 Å². The molecular weight excluding hydrogens is 174 g/mol. The van der Waals surface area contributed by atoms with E-state index in [1.54, 1.807) is 6.07 Å². The van der Waals surface area contributed by atoms with Gasteiger partial charge in [-0.15, -0.1) is 0 Å². The van der Waals surface area contributed by atoms with Gasteiger partial charge in [0.25, 0.3) is 0 Å². The van der Waals surface area contributed by atoms with Crippen LogP contribution < -0.4 is 5.32 Å². The van der Waals surface area contributed by atoms with Gasteiger partial charge in [-0.05, 0) is 38.3 Å². The van der Waals surface area contributed by atoms with Crippen molar-refractivity contribution in [2.24, 2.45) is 0 Å².